The molecule has 3 N–H and O–H groups in total. The van der Waals surface area contributed by atoms with E-state index in [4.69, 9.17) is 0 Å². The van der Waals surface area contributed by atoms with Gasteiger partial charge in [-0.1, -0.05) is 25.5 Å². The SMILES string of the molecule is CC1(CO)CCCC1NCc1cccc(O)c1. The zero-order valence-corrected chi connectivity index (χ0v) is 10.3. The fraction of sp³-hybridized carbons (Fsp3) is 0.571. The van der Waals surface area contributed by atoms with Gasteiger partial charge in [0, 0.05) is 24.6 Å². The highest BCUT2D eigenvalue weighted by Gasteiger charge is 2.37. The Morgan fingerprint density at radius 1 is 1.47 bits per heavy atom. The van der Waals surface area contributed by atoms with Crippen molar-refractivity contribution in [2.75, 3.05) is 6.61 Å². The summed E-state index contributed by atoms with van der Waals surface area (Å²) >= 11 is 0. The highest BCUT2D eigenvalue weighted by atomic mass is 16.3. The molecule has 0 radical (unpaired) electrons. The van der Waals surface area contributed by atoms with Crippen LogP contribution in [0.4, 0.5) is 0 Å². The fourth-order valence-electron chi connectivity index (χ4n) is 2.68. The van der Waals surface area contributed by atoms with Crippen molar-refractivity contribution in [1.29, 1.82) is 0 Å². The normalized spacial score (nSPS) is 28.5. The zero-order valence-electron chi connectivity index (χ0n) is 10.3. The topological polar surface area (TPSA) is 52.5 Å². The van der Waals surface area contributed by atoms with Crippen molar-refractivity contribution in [1.82, 2.24) is 5.32 Å². The molecule has 2 unspecified atom stereocenters. The van der Waals surface area contributed by atoms with Crippen LogP contribution in [0.1, 0.15) is 31.7 Å². The minimum absolute atomic E-state index is 0.0107. The smallest absolute Gasteiger partial charge is 0.115 e. The van der Waals surface area contributed by atoms with E-state index in [1.807, 2.05) is 12.1 Å². The summed E-state index contributed by atoms with van der Waals surface area (Å²) in [6, 6.07) is 7.68. The van der Waals surface area contributed by atoms with Gasteiger partial charge in [0.15, 0.2) is 0 Å². The van der Waals surface area contributed by atoms with E-state index in [0.29, 0.717) is 11.8 Å². The lowest BCUT2D eigenvalue weighted by Crippen LogP contribution is -2.41. The maximum Gasteiger partial charge on any atom is 0.115 e. The second-order valence-corrected chi connectivity index (χ2v) is 5.31. The molecule has 0 bridgehead atoms. The molecule has 1 aliphatic rings. The van der Waals surface area contributed by atoms with Gasteiger partial charge in [-0.3, -0.25) is 0 Å². The van der Waals surface area contributed by atoms with Crippen LogP contribution >= 0.6 is 0 Å². The van der Waals surface area contributed by atoms with Crippen molar-refractivity contribution in [3.8, 4) is 5.75 Å². The molecule has 1 saturated carbocycles. The molecule has 2 rings (SSSR count). The first kappa shape index (κ1) is 12.4. The Bertz CT molecular complexity index is 380. The number of aromatic hydroxyl groups is 1. The molecule has 3 nitrogen and oxygen atoms in total. The van der Waals surface area contributed by atoms with Crippen LogP contribution in [0.2, 0.25) is 0 Å². The summed E-state index contributed by atoms with van der Waals surface area (Å²) in [6.07, 6.45) is 3.38. The highest BCUT2D eigenvalue weighted by Crippen LogP contribution is 2.37. The van der Waals surface area contributed by atoms with Crippen molar-refractivity contribution >= 4 is 0 Å². The Hall–Kier alpha value is -1.06. The van der Waals surface area contributed by atoms with Crippen LogP contribution in [0.3, 0.4) is 0 Å². The third-order valence-corrected chi connectivity index (χ3v) is 3.91. The molecular weight excluding hydrogens is 214 g/mol. The monoisotopic (exact) mass is 235 g/mol. The second-order valence-electron chi connectivity index (χ2n) is 5.31. The minimum atomic E-state index is 0.0107. The van der Waals surface area contributed by atoms with Crippen molar-refractivity contribution in [2.45, 2.75) is 38.8 Å². The zero-order chi connectivity index (χ0) is 12.3. The number of hydrogen-bond donors (Lipinski definition) is 3. The van der Waals surface area contributed by atoms with Gasteiger partial charge >= 0.3 is 0 Å². The molecule has 0 saturated heterocycles. The molecule has 3 heteroatoms. The van der Waals surface area contributed by atoms with Gasteiger partial charge in [0.1, 0.15) is 5.75 Å². The van der Waals surface area contributed by atoms with Crippen LogP contribution in [0.15, 0.2) is 24.3 Å². The van der Waals surface area contributed by atoms with Crippen molar-refractivity contribution in [3.63, 3.8) is 0 Å². The number of hydrogen-bond acceptors (Lipinski definition) is 3. The average Bonchev–Trinajstić information content (AvgIpc) is 2.69. The molecule has 0 spiro atoms. The summed E-state index contributed by atoms with van der Waals surface area (Å²) in [5.41, 5.74) is 1.09. The Kier molecular flexibility index (Phi) is 3.69. The molecule has 0 aliphatic heterocycles. The van der Waals surface area contributed by atoms with Crippen molar-refractivity contribution in [2.24, 2.45) is 5.41 Å². The van der Waals surface area contributed by atoms with E-state index in [2.05, 4.69) is 12.2 Å². The summed E-state index contributed by atoms with van der Waals surface area (Å²) in [4.78, 5) is 0. The molecular formula is C14H21NO2. The Balaban J connectivity index is 1.94. The average molecular weight is 235 g/mol. The second kappa shape index (κ2) is 5.07. The van der Waals surface area contributed by atoms with Crippen LogP contribution in [0.25, 0.3) is 0 Å². The molecule has 1 fully saturated rings. The summed E-state index contributed by atoms with van der Waals surface area (Å²) in [7, 11) is 0. The molecule has 0 aromatic heterocycles. The Morgan fingerprint density at radius 3 is 3.00 bits per heavy atom. The van der Waals surface area contributed by atoms with Gasteiger partial charge in [-0.25, -0.2) is 0 Å². The van der Waals surface area contributed by atoms with Crippen LogP contribution in [0, 0.1) is 5.41 Å². The van der Waals surface area contributed by atoms with E-state index < -0.39 is 0 Å². The molecule has 0 amide bonds. The van der Waals surface area contributed by atoms with Gasteiger partial charge in [0.2, 0.25) is 0 Å². The summed E-state index contributed by atoms with van der Waals surface area (Å²) < 4.78 is 0. The van der Waals surface area contributed by atoms with Gasteiger partial charge in [0.25, 0.3) is 0 Å². The first-order chi connectivity index (χ1) is 8.14. The van der Waals surface area contributed by atoms with Crippen molar-refractivity contribution in [3.05, 3.63) is 29.8 Å². The van der Waals surface area contributed by atoms with E-state index in [1.54, 1.807) is 12.1 Å². The number of phenols is 1. The third kappa shape index (κ3) is 2.79. The number of benzene rings is 1. The predicted octanol–water partition coefficient (Wildman–Crippen LogP) is 2.03. The molecule has 1 aliphatic carbocycles. The molecule has 0 heterocycles. The van der Waals surface area contributed by atoms with Gasteiger partial charge in [0.05, 0.1) is 0 Å². The van der Waals surface area contributed by atoms with Gasteiger partial charge in [-0.2, -0.15) is 0 Å². The highest BCUT2D eigenvalue weighted by molar-refractivity contribution is 5.27. The molecule has 17 heavy (non-hydrogen) atoms. The molecule has 2 atom stereocenters. The van der Waals surface area contributed by atoms with E-state index in [-0.39, 0.29) is 12.0 Å². The van der Waals surface area contributed by atoms with Crippen LogP contribution in [0.5, 0.6) is 5.75 Å². The lowest BCUT2D eigenvalue weighted by atomic mass is 9.86. The van der Waals surface area contributed by atoms with Crippen LogP contribution in [-0.2, 0) is 6.54 Å². The third-order valence-electron chi connectivity index (χ3n) is 3.91. The molecule has 1 aromatic rings. The van der Waals surface area contributed by atoms with E-state index in [9.17, 15) is 10.2 Å². The molecule has 1 aromatic carbocycles. The fourth-order valence-corrected chi connectivity index (χ4v) is 2.68. The maximum absolute atomic E-state index is 9.46. The van der Waals surface area contributed by atoms with Gasteiger partial charge in [-0.15, -0.1) is 0 Å². The Labute approximate surface area is 102 Å². The number of rotatable bonds is 4. The quantitative estimate of drug-likeness (QED) is 0.748. The van der Waals surface area contributed by atoms with Gasteiger partial charge in [-0.05, 0) is 30.5 Å². The van der Waals surface area contributed by atoms with Crippen molar-refractivity contribution < 1.29 is 10.2 Å². The number of aliphatic hydroxyl groups excluding tert-OH is 1. The largest absolute Gasteiger partial charge is 0.508 e. The first-order valence-corrected chi connectivity index (χ1v) is 6.26. The number of nitrogens with one attached hydrogen (secondary N) is 1. The molecule has 94 valence electrons. The number of aliphatic hydroxyl groups is 1. The minimum Gasteiger partial charge on any atom is -0.508 e. The van der Waals surface area contributed by atoms with Crippen LogP contribution < -0.4 is 5.32 Å². The predicted molar refractivity (Wildman–Crippen MR) is 67.8 cm³/mol. The lowest BCUT2D eigenvalue weighted by Gasteiger charge is -2.30. The lowest BCUT2D eigenvalue weighted by molar-refractivity contribution is 0.118. The van der Waals surface area contributed by atoms with Gasteiger partial charge < -0.3 is 15.5 Å². The first-order valence-electron chi connectivity index (χ1n) is 6.26. The maximum atomic E-state index is 9.46. The summed E-state index contributed by atoms with van der Waals surface area (Å²) in [5.74, 6) is 0.306. The van der Waals surface area contributed by atoms with Crippen LogP contribution in [-0.4, -0.2) is 22.9 Å². The van der Waals surface area contributed by atoms with E-state index >= 15 is 0 Å². The van der Waals surface area contributed by atoms with E-state index in [1.165, 1.54) is 6.42 Å². The van der Waals surface area contributed by atoms with E-state index in [0.717, 1.165) is 24.9 Å². The standard InChI is InChI=1S/C14H21NO2/c1-14(10-16)7-3-6-13(14)15-9-11-4-2-5-12(17)8-11/h2,4-5,8,13,15-17H,3,6-7,9-10H2,1H3. The summed E-state index contributed by atoms with van der Waals surface area (Å²) in [6.45, 7) is 3.12. The summed E-state index contributed by atoms with van der Waals surface area (Å²) in [5, 5.41) is 22.3. The Morgan fingerprint density at radius 2 is 2.29 bits per heavy atom. The number of phenolic OH excluding ortho intramolecular Hbond substituents is 1.